The Bertz CT molecular complexity index is 421. The minimum atomic E-state index is -3.31. The number of benzene rings is 1. The van der Waals surface area contributed by atoms with Crippen LogP contribution in [-0.4, -0.2) is 21.3 Å². The molecule has 0 amide bonds. The molecule has 0 aliphatic carbocycles. The zero-order valence-corrected chi connectivity index (χ0v) is 10.1. The predicted octanol–water partition coefficient (Wildman–Crippen LogP) is 2.15. The molecule has 0 N–H and O–H groups in total. The Labute approximate surface area is 96.9 Å². The van der Waals surface area contributed by atoms with E-state index in [1.807, 2.05) is 24.3 Å². The van der Waals surface area contributed by atoms with Crippen LogP contribution in [0.1, 0.15) is 12.0 Å². The summed E-state index contributed by atoms with van der Waals surface area (Å²) in [7, 11) is -3.31. The van der Waals surface area contributed by atoms with Gasteiger partial charge in [0.2, 0.25) is 0 Å². The second-order valence-electron chi connectivity index (χ2n) is 3.48. The van der Waals surface area contributed by atoms with Crippen molar-refractivity contribution in [3.63, 3.8) is 0 Å². The molecule has 1 aromatic rings. The summed E-state index contributed by atoms with van der Waals surface area (Å²) in [5.41, 5.74) is 1.27. The van der Waals surface area contributed by atoms with Crippen molar-refractivity contribution >= 4 is 10.1 Å². The molecule has 0 aliphatic rings. The van der Waals surface area contributed by atoms with Gasteiger partial charge in [-0.25, -0.2) is 0 Å². The van der Waals surface area contributed by atoms with Crippen LogP contribution >= 0.6 is 0 Å². The van der Waals surface area contributed by atoms with Gasteiger partial charge in [0.25, 0.3) is 10.1 Å². The quantitative estimate of drug-likeness (QED) is 0.565. The fourth-order valence-electron chi connectivity index (χ4n) is 1.24. The standard InChI is InChI=1S/C12H16O3S/c1-16(13,14)15-11-7-3-6-10-12-8-4-2-5-9-12/h2-5,7-9H,6,10-11H2,1H3/b7-3+. The molecule has 1 aromatic carbocycles. The molecule has 0 unspecified atom stereocenters. The normalized spacial score (nSPS) is 12.1. The van der Waals surface area contributed by atoms with Crippen LogP contribution in [0, 0.1) is 0 Å². The lowest BCUT2D eigenvalue weighted by Gasteiger charge is -1.97. The van der Waals surface area contributed by atoms with Crippen molar-refractivity contribution in [2.45, 2.75) is 12.8 Å². The molecule has 0 radical (unpaired) electrons. The summed E-state index contributed by atoms with van der Waals surface area (Å²) in [5, 5.41) is 0. The van der Waals surface area contributed by atoms with Crippen LogP contribution < -0.4 is 0 Å². The summed E-state index contributed by atoms with van der Waals surface area (Å²) in [6, 6.07) is 10.1. The van der Waals surface area contributed by atoms with Gasteiger partial charge in [0.15, 0.2) is 0 Å². The summed E-state index contributed by atoms with van der Waals surface area (Å²) in [6.45, 7) is 0.119. The maximum Gasteiger partial charge on any atom is 0.264 e. The highest BCUT2D eigenvalue weighted by Gasteiger charge is 1.97. The molecule has 16 heavy (non-hydrogen) atoms. The van der Waals surface area contributed by atoms with E-state index in [2.05, 4.69) is 16.3 Å². The second kappa shape index (κ2) is 6.45. The molecule has 0 heterocycles. The Morgan fingerprint density at radius 3 is 2.50 bits per heavy atom. The van der Waals surface area contributed by atoms with E-state index in [9.17, 15) is 8.42 Å². The van der Waals surface area contributed by atoms with Gasteiger partial charge in [0.05, 0.1) is 12.9 Å². The summed E-state index contributed by atoms with van der Waals surface area (Å²) in [4.78, 5) is 0. The van der Waals surface area contributed by atoms with Crippen molar-refractivity contribution in [1.82, 2.24) is 0 Å². The van der Waals surface area contributed by atoms with Crippen molar-refractivity contribution in [3.05, 3.63) is 48.0 Å². The van der Waals surface area contributed by atoms with Crippen LogP contribution in [-0.2, 0) is 20.7 Å². The van der Waals surface area contributed by atoms with E-state index in [4.69, 9.17) is 0 Å². The van der Waals surface area contributed by atoms with E-state index >= 15 is 0 Å². The SMILES string of the molecule is CS(=O)(=O)OC/C=C/CCc1ccccc1. The van der Waals surface area contributed by atoms with Gasteiger partial charge < -0.3 is 0 Å². The third-order valence-electron chi connectivity index (χ3n) is 1.99. The molecule has 0 saturated carbocycles. The maximum absolute atomic E-state index is 10.6. The fourth-order valence-corrected chi connectivity index (χ4v) is 1.57. The molecular formula is C12H16O3S. The molecule has 0 spiro atoms. The third kappa shape index (κ3) is 6.37. The molecule has 0 saturated heterocycles. The summed E-state index contributed by atoms with van der Waals surface area (Å²) >= 11 is 0. The Morgan fingerprint density at radius 2 is 1.88 bits per heavy atom. The molecular weight excluding hydrogens is 224 g/mol. The Balaban J connectivity index is 2.19. The minimum Gasteiger partial charge on any atom is -0.266 e. The van der Waals surface area contributed by atoms with E-state index < -0.39 is 10.1 Å². The van der Waals surface area contributed by atoms with E-state index in [0.29, 0.717) is 0 Å². The van der Waals surface area contributed by atoms with Crippen LogP contribution in [0.15, 0.2) is 42.5 Å². The molecule has 0 fully saturated rings. The maximum atomic E-state index is 10.6. The minimum absolute atomic E-state index is 0.119. The average molecular weight is 240 g/mol. The number of hydrogen-bond acceptors (Lipinski definition) is 3. The highest BCUT2D eigenvalue weighted by molar-refractivity contribution is 7.85. The van der Waals surface area contributed by atoms with Gasteiger partial charge in [-0.15, -0.1) is 0 Å². The topological polar surface area (TPSA) is 43.4 Å². The van der Waals surface area contributed by atoms with E-state index in [0.717, 1.165) is 19.1 Å². The largest absolute Gasteiger partial charge is 0.266 e. The molecule has 0 aliphatic heterocycles. The van der Waals surface area contributed by atoms with Gasteiger partial charge >= 0.3 is 0 Å². The van der Waals surface area contributed by atoms with Crippen molar-refractivity contribution in [2.75, 3.05) is 12.9 Å². The van der Waals surface area contributed by atoms with Gasteiger partial charge in [-0.2, -0.15) is 8.42 Å². The zero-order valence-electron chi connectivity index (χ0n) is 9.30. The second-order valence-corrected chi connectivity index (χ2v) is 5.13. The summed E-state index contributed by atoms with van der Waals surface area (Å²) in [6.07, 6.45) is 6.54. The van der Waals surface area contributed by atoms with Crippen LogP contribution in [0.5, 0.6) is 0 Å². The van der Waals surface area contributed by atoms with Gasteiger partial charge in [0, 0.05) is 0 Å². The first-order chi connectivity index (χ1) is 7.58. The Morgan fingerprint density at radius 1 is 1.19 bits per heavy atom. The van der Waals surface area contributed by atoms with Gasteiger partial charge in [0.1, 0.15) is 0 Å². The summed E-state index contributed by atoms with van der Waals surface area (Å²) in [5.74, 6) is 0. The van der Waals surface area contributed by atoms with Crippen molar-refractivity contribution in [3.8, 4) is 0 Å². The highest BCUT2D eigenvalue weighted by Crippen LogP contribution is 2.02. The molecule has 0 bridgehead atoms. The molecule has 1 rings (SSSR count). The van der Waals surface area contributed by atoms with Crippen LogP contribution in [0.2, 0.25) is 0 Å². The van der Waals surface area contributed by atoms with Gasteiger partial charge in [-0.3, -0.25) is 4.18 Å². The van der Waals surface area contributed by atoms with Crippen molar-refractivity contribution in [2.24, 2.45) is 0 Å². The van der Waals surface area contributed by atoms with Crippen molar-refractivity contribution in [1.29, 1.82) is 0 Å². The first-order valence-corrected chi connectivity index (χ1v) is 6.93. The zero-order chi connectivity index (χ0) is 11.9. The predicted molar refractivity (Wildman–Crippen MR) is 64.7 cm³/mol. The molecule has 0 aromatic heterocycles. The molecule has 0 atom stereocenters. The van der Waals surface area contributed by atoms with E-state index in [-0.39, 0.29) is 6.61 Å². The number of allylic oxidation sites excluding steroid dienone is 1. The van der Waals surface area contributed by atoms with Crippen LogP contribution in [0.3, 0.4) is 0 Å². The first-order valence-electron chi connectivity index (χ1n) is 5.11. The summed E-state index contributed by atoms with van der Waals surface area (Å²) < 4.78 is 25.8. The van der Waals surface area contributed by atoms with Crippen molar-refractivity contribution < 1.29 is 12.6 Å². The van der Waals surface area contributed by atoms with E-state index in [1.54, 1.807) is 6.08 Å². The molecule has 88 valence electrons. The molecule has 3 nitrogen and oxygen atoms in total. The monoisotopic (exact) mass is 240 g/mol. The van der Waals surface area contributed by atoms with Crippen LogP contribution in [0.4, 0.5) is 0 Å². The number of rotatable bonds is 6. The number of aryl methyl sites for hydroxylation is 1. The van der Waals surface area contributed by atoms with Gasteiger partial charge in [-0.05, 0) is 18.4 Å². The Kier molecular flexibility index (Phi) is 5.22. The fraction of sp³-hybridized carbons (Fsp3) is 0.333. The van der Waals surface area contributed by atoms with E-state index in [1.165, 1.54) is 5.56 Å². The highest BCUT2D eigenvalue weighted by atomic mass is 32.2. The average Bonchev–Trinajstić information content (AvgIpc) is 2.23. The van der Waals surface area contributed by atoms with Gasteiger partial charge in [-0.1, -0.05) is 42.5 Å². The smallest absolute Gasteiger partial charge is 0.264 e. The lowest BCUT2D eigenvalue weighted by molar-refractivity contribution is 0.361. The Hall–Kier alpha value is -1.13. The van der Waals surface area contributed by atoms with Crippen LogP contribution in [0.25, 0.3) is 0 Å². The third-order valence-corrected chi connectivity index (χ3v) is 2.55. The first kappa shape index (κ1) is 12.9. The molecule has 4 heteroatoms. The lowest BCUT2D eigenvalue weighted by atomic mass is 10.1. The number of hydrogen-bond donors (Lipinski definition) is 0. The lowest BCUT2D eigenvalue weighted by Crippen LogP contribution is -2.01.